The summed E-state index contributed by atoms with van der Waals surface area (Å²) in [6.45, 7) is 3.73. The average Bonchev–Trinajstić information content (AvgIpc) is 2.39. The van der Waals surface area contributed by atoms with Crippen molar-refractivity contribution in [1.29, 1.82) is 5.26 Å². The Morgan fingerprint density at radius 1 is 1.32 bits per heavy atom. The number of nitrogens with zero attached hydrogens (tertiary/aromatic N) is 2. The lowest BCUT2D eigenvalue weighted by Crippen LogP contribution is -2.27. The van der Waals surface area contributed by atoms with Crippen LogP contribution < -0.4 is 5.56 Å². The maximum absolute atomic E-state index is 12.9. The van der Waals surface area contributed by atoms with Crippen LogP contribution in [-0.4, -0.2) is 9.97 Å². The van der Waals surface area contributed by atoms with Crippen molar-refractivity contribution in [2.24, 2.45) is 0 Å². The molecule has 2 aromatic rings. The van der Waals surface area contributed by atoms with Gasteiger partial charge < -0.3 is 4.98 Å². The van der Waals surface area contributed by atoms with Crippen LogP contribution in [0.4, 0.5) is 4.39 Å². The summed E-state index contributed by atoms with van der Waals surface area (Å²) >= 11 is 0. The van der Waals surface area contributed by atoms with Gasteiger partial charge in [0, 0.05) is 5.41 Å². The van der Waals surface area contributed by atoms with E-state index in [1.165, 1.54) is 18.3 Å². The first-order valence-corrected chi connectivity index (χ1v) is 5.71. The second-order valence-corrected chi connectivity index (χ2v) is 4.72. The number of rotatable bonds is 2. The topological polar surface area (TPSA) is 69.5 Å². The monoisotopic (exact) mass is 257 g/mol. The number of benzene rings is 1. The van der Waals surface area contributed by atoms with Gasteiger partial charge in [0.05, 0.1) is 6.20 Å². The van der Waals surface area contributed by atoms with E-state index in [0.29, 0.717) is 5.82 Å². The Morgan fingerprint density at radius 2 is 1.95 bits per heavy atom. The molecule has 0 fully saturated rings. The summed E-state index contributed by atoms with van der Waals surface area (Å²) in [6.07, 6.45) is 1.25. The van der Waals surface area contributed by atoms with Crippen LogP contribution in [0.1, 0.15) is 30.8 Å². The fourth-order valence-corrected chi connectivity index (χ4v) is 1.80. The van der Waals surface area contributed by atoms with Gasteiger partial charge in [0.15, 0.2) is 0 Å². The lowest BCUT2D eigenvalue weighted by atomic mass is 9.83. The minimum Gasteiger partial charge on any atom is -0.309 e. The zero-order chi connectivity index (χ0) is 14.0. The van der Waals surface area contributed by atoms with Crippen LogP contribution in [-0.2, 0) is 5.41 Å². The van der Waals surface area contributed by atoms with E-state index in [0.717, 1.165) is 5.56 Å². The molecule has 0 saturated carbocycles. The van der Waals surface area contributed by atoms with E-state index in [-0.39, 0.29) is 11.4 Å². The second-order valence-electron chi connectivity index (χ2n) is 4.72. The molecule has 96 valence electrons. The summed E-state index contributed by atoms with van der Waals surface area (Å²) in [6, 6.07) is 7.78. The lowest BCUT2D eigenvalue weighted by Gasteiger charge is -2.23. The summed E-state index contributed by atoms with van der Waals surface area (Å²) in [5, 5.41) is 8.71. The summed E-state index contributed by atoms with van der Waals surface area (Å²) in [5.74, 6) is 0.115. The standard InChI is InChI=1S/C14H12FN3O/c1-14(2,10-3-5-11(15)6-4-10)13-17-8-9(7-16)12(19)18-13/h3-6,8H,1-2H3,(H,17,18,19). The Bertz CT molecular complexity index is 696. The number of halogens is 1. The molecule has 5 heteroatoms. The molecule has 0 spiro atoms. The molecule has 0 radical (unpaired) electrons. The third kappa shape index (κ3) is 2.38. The molecular weight excluding hydrogens is 245 g/mol. The summed E-state index contributed by atoms with van der Waals surface area (Å²) in [4.78, 5) is 18.3. The number of nitriles is 1. The van der Waals surface area contributed by atoms with Crippen LogP contribution in [0, 0.1) is 17.1 Å². The largest absolute Gasteiger partial charge is 0.309 e. The Balaban J connectivity index is 2.50. The molecule has 0 saturated heterocycles. The fourth-order valence-electron chi connectivity index (χ4n) is 1.80. The molecule has 0 aliphatic carbocycles. The van der Waals surface area contributed by atoms with E-state index in [1.54, 1.807) is 18.2 Å². The molecule has 0 aliphatic rings. The molecule has 1 heterocycles. The van der Waals surface area contributed by atoms with Gasteiger partial charge in [0.1, 0.15) is 23.3 Å². The maximum Gasteiger partial charge on any atom is 0.268 e. The van der Waals surface area contributed by atoms with Gasteiger partial charge in [-0.1, -0.05) is 12.1 Å². The smallest absolute Gasteiger partial charge is 0.268 e. The van der Waals surface area contributed by atoms with Crippen molar-refractivity contribution in [2.75, 3.05) is 0 Å². The predicted molar refractivity (Wildman–Crippen MR) is 68.1 cm³/mol. The minimum atomic E-state index is -0.582. The average molecular weight is 257 g/mol. The number of aromatic amines is 1. The highest BCUT2D eigenvalue weighted by Gasteiger charge is 2.26. The van der Waals surface area contributed by atoms with E-state index in [9.17, 15) is 9.18 Å². The van der Waals surface area contributed by atoms with Crippen molar-refractivity contribution in [3.8, 4) is 6.07 Å². The predicted octanol–water partition coefficient (Wildman–Crippen LogP) is 2.11. The highest BCUT2D eigenvalue weighted by atomic mass is 19.1. The van der Waals surface area contributed by atoms with Gasteiger partial charge in [0.25, 0.3) is 5.56 Å². The first-order chi connectivity index (χ1) is 8.95. The highest BCUT2D eigenvalue weighted by molar-refractivity contribution is 5.32. The zero-order valence-electron chi connectivity index (χ0n) is 10.6. The molecule has 2 rings (SSSR count). The van der Waals surface area contributed by atoms with Crippen LogP contribution in [0.3, 0.4) is 0 Å². The zero-order valence-corrected chi connectivity index (χ0v) is 10.6. The molecule has 19 heavy (non-hydrogen) atoms. The number of H-pyrrole nitrogens is 1. The van der Waals surface area contributed by atoms with E-state index in [4.69, 9.17) is 5.26 Å². The SMILES string of the molecule is CC(C)(c1ccc(F)cc1)c1ncc(C#N)c(=O)[nH]1. The van der Waals surface area contributed by atoms with Gasteiger partial charge in [-0.2, -0.15) is 5.26 Å². The molecular formula is C14H12FN3O. The van der Waals surface area contributed by atoms with Gasteiger partial charge in [-0.15, -0.1) is 0 Å². The van der Waals surface area contributed by atoms with Crippen molar-refractivity contribution >= 4 is 0 Å². The molecule has 0 bridgehead atoms. The summed E-state index contributed by atoms with van der Waals surface area (Å²) in [5.41, 5.74) is -0.260. The van der Waals surface area contributed by atoms with Gasteiger partial charge in [-0.3, -0.25) is 4.79 Å². The number of hydrogen-bond acceptors (Lipinski definition) is 3. The lowest BCUT2D eigenvalue weighted by molar-refractivity contribution is 0.580. The Kier molecular flexibility index (Phi) is 3.17. The van der Waals surface area contributed by atoms with Crippen molar-refractivity contribution < 1.29 is 4.39 Å². The first kappa shape index (κ1) is 13.0. The normalized spacial score (nSPS) is 11.1. The van der Waals surface area contributed by atoms with E-state index in [1.807, 2.05) is 13.8 Å². The van der Waals surface area contributed by atoms with Gasteiger partial charge >= 0.3 is 0 Å². The second kappa shape index (κ2) is 4.65. The van der Waals surface area contributed by atoms with Crippen LogP contribution in [0.25, 0.3) is 0 Å². The molecule has 4 nitrogen and oxygen atoms in total. The van der Waals surface area contributed by atoms with Crippen molar-refractivity contribution in [2.45, 2.75) is 19.3 Å². The number of hydrogen-bond donors (Lipinski definition) is 1. The summed E-state index contributed by atoms with van der Waals surface area (Å²) < 4.78 is 12.9. The van der Waals surface area contributed by atoms with Crippen molar-refractivity contribution in [1.82, 2.24) is 9.97 Å². The maximum atomic E-state index is 12.9. The molecule has 0 amide bonds. The molecule has 0 atom stereocenters. The van der Waals surface area contributed by atoms with Crippen LogP contribution in [0.2, 0.25) is 0 Å². The van der Waals surface area contributed by atoms with Crippen molar-refractivity contribution in [3.63, 3.8) is 0 Å². The van der Waals surface area contributed by atoms with Crippen LogP contribution in [0.15, 0.2) is 35.3 Å². The van der Waals surface area contributed by atoms with Gasteiger partial charge in [-0.25, -0.2) is 9.37 Å². The Morgan fingerprint density at radius 3 is 2.47 bits per heavy atom. The third-order valence-electron chi connectivity index (χ3n) is 3.08. The van der Waals surface area contributed by atoms with E-state index in [2.05, 4.69) is 9.97 Å². The Hall–Kier alpha value is -2.48. The molecule has 0 unspecified atom stereocenters. The third-order valence-corrected chi connectivity index (χ3v) is 3.08. The van der Waals surface area contributed by atoms with Gasteiger partial charge in [-0.05, 0) is 31.5 Å². The van der Waals surface area contributed by atoms with Gasteiger partial charge in [0.2, 0.25) is 0 Å². The quantitative estimate of drug-likeness (QED) is 0.895. The molecule has 1 aromatic carbocycles. The molecule has 0 aliphatic heterocycles. The van der Waals surface area contributed by atoms with Crippen molar-refractivity contribution in [3.05, 3.63) is 63.6 Å². The van der Waals surface area contributed by atoms with Crippen LogP contribution >= 0.6 is 0 Å². The number of nitrogens with one attached hydrogen (secondary N) is 1. The number of aromatic nitrogens is 2. The van der Waals surface area contributed by atoms with E-state index >= 15 is 0 Å². The molecule has 1 N–H and O–H groups in total. The minimum absolute atomic E-state index is 0.0290. The highest BCUT2D eigenvalue weighted by Crippen LogP contribution is 2.28. The Labute approximate surface area is 109 Å². The van der Waals surface area contributed by atoms with Crippen LogP contribution in [0.5, 0.6) is 0 Å². The summed E-state index contributed by atoms with van der Waals surface area (Å²) in [7, 11) is 0. The first-order valence-electron chi connectivity index (χ1n) is 5.71. The van der Waals surface area contributed by atoms with E-state index < -0.39 is 11.0 Å². The molecule has 1 aromatic heterocycles. The fraction of sp³-hybridized carbons (Fsp3) is 0.214.